The summed E-state index contributed by atoms with van der Waals surface area (Å²) >= 11 is 1.33. The van der Waals surface area contributed by atoms with Crippen LogP contribution in [0.15, 0.2) is 53.7 Å². The van der Waals surface area contributed by atoms with Gasteiger partial charge in [-0.2, -0.15) is 0 Å². The van der Waals surface area contributed by atoms with E-state index in [2.05, 4.69) is 32.2 Å². The number of nitrogens with zero attached hydrogens (tertiary/aromatic N) is 4. The number of methoxy groups -OCH3 is 2. The van der Waals surface area contributed by atoms with E-state index in [0.717, 1.165) is 31.7 Å². The summed E-state index contributed by atoms with van der Waals surface area (Å²) in [4.78, 5) is 21.4. The molecule has 0 atom stereocenters. The van der Waals surface area contributed by atoms with Crippen molar-refractivity contribution in [3.05, 3.63) is 48.5 Å². The standard InChI is InChI=1S/C22H25N5O3S/c1-29-18-12-16(13-19(14-18)30-2)21-23-22(25-24-21)31-15-20(28)27-10-8-26(9-11-27)17-6-4-3-5-7-17/h3-7,12-14H,8-11,15H2,1-2H3,(H,23,24,25). The lowest BCUT2D eigenvalue weighted by atomic mass is 10.2. The molecule has 0 bridgehead atoms. The Balaban J connectivity index is 1.31. The van der Waals surface area contributed by atoms with Crippen molar-refractivity contribution in [2.24, 2.45) is 0 Å². The lowest BCUT2D eigenvalue weighted by molar-refractivity contribution is -0.128. The number of aromatic nitrogens is 3. The van der Waals surface area contributed by atoms with Crippen molar-refractivity contribution in [1.29, 1.82) is 0 Å². The lowest BCUT2D eigenvalue weighted by Gasteiger charge is -2.36. The van der Waals surface area contributed by atoms with Crippen molar-refractivity contribution < 1.29 is 14.3 Å². The molecule has 0 saturated carbocycles. The van der Waals surface area contributed by atoms with Crippen LogP contribution in [0.25, 0.3) is 11.4 Å². The average molecular weight is 440 g/mol. The Morgan fingerprint density at radius 2 is 1.71 bits per heavy atom. The second-order valence-electron chi connectivity index (χ2n) is 7.06. The van der Waals surface area contributed by atoms with Gasteiger partial charge in [0.05, 0.1) is 20.0 Å². The Bertz CT molecular complexity index is 997. The minimum atomic E-state index is 0.104. The van der Waals surface area contributed by atoms with Crippen LogP contribution in [0.3, 0.4) is 0 Å². The molecule has 1 aliphatic rings. The Kier molecular flexibility index (Phi) is 6.61. The Labute approximate surface area is 185 Å². The molecule has 1 fully saturated rings. The highest BCUT2D eigenvalue weighted by Gasteiger charge is 2.22. The molecular formula is C22H25N5O3S. The summed E-state index contributed by atoms with van der Waals surface area (Å²) in [7, 11) is 3.21. The van der Waals surface area contributed by atoms with E-state index >= 15 is 0 Å². The third kappa shape index (κ3) is 5.11. The number of nitrogens with one attached hydrogen (secondary N) is 1. The molecule has 0 spiro atoms. The normalized spacial score (nSPS) is 13.9. The maximum Gasteiger partial charge on any atom is 0.233 e. The fraction of sp³-hybridized carbons (Fsp3) is 0.318. The van der Waals surface area contributed by atoms with E-state index in [4.69, 9.17) is 9.47 Å². The number of para-hydroxylation sites is 1. The highest BCUT2D eigenvalue weighted by atomic mass is 32.2. The molecule has 8 nitrogen and oxygen atoms in total. The molecule has 1 aliphatic heterocycles. The number of rotatable bonds is 7. The number of carbonyl (C=O) groups is 1. The van der Waals surface area contributed by atoms with Crippen molar-refractivity contribution in [2.75, 3.05) is 51.1 Å². The first kappa shape index (κ1) is 21.0. The number of aromatic amines is 1. The summed E-state index contributed by atoms with van der Waals surface area (Å²) in [6.45, 7) is 3.11. The predicted molar refractivity (Wildman–Crippen MR) is 121 cm³/mol. The van der Waals surface area contributed by atoms with Crippen molar-refractivity contribution in [3.8, 4) is 22.9 Å². The fourth-order valence-corrected chi connectivity index (χ4v) is 4.16. The smallest absolute Gasteiger partial charge is 0.233 e. The summed E-state index contributed by atoms with van der Waals surface area (Å²) < 4.78 is 10.6. The van der Waals surface area contributed by atoms with Gasteiger partial charge in [-0.3, -0.25) is 9.89 Å². The molecular weight excluding hydrogens is 414 g/mol. The van der Waals surface area contributed by atoms with Crippen LogP contribution >= 0.6 is 11.8 Å². The molecule has 3 aromatic rings. The first-order chi connectivity index (χ1) is 15.2. The molecule has 2 aromatic carbocycles. The van der Waals surface area contributed by atoms with E-state index in [1.165, 1.54) is 17.4 Å². The van der Waals surface area contributed by atoms with E-state index in [-0.39, 0.29) is 5.91 Å². The zero-order valence-corrected chi connectivity index (χ0v) is 18.4. The maximum atomic E-state index is 12.6. The number of hydrogen-bond donors (Lipinski definition) is 1. The fourth-order valence-electron chi connectivity index (χ4n) is 3.45. The molecule has 2 heterocycles. The molecule has 1 amide bonds. The van der Waals surface area contributed by atoms with Crippen LogP contribution in [0.1, 0.15) is 0 Å². The van der Waals surface area contributed by atoms with Crippen molar-refractivity contribution in [1.82, 2.24) is 20.1 Å². The van der Waals surface area contributed by atoms with Gasteiger partial charge in [0.1, 0.15) is 11.5 Å². The van der Waals surface area contributed by atoms with Crippen molar-refractivity contribution >= 4 is 23.4 Å². The van der Waals surface area contributed by atoms with E-state index in [1.807, 2.05) is 35.2 Å². The number of benzene rings is 2. The molecule has 1 N–H and O–H groups in total. The minimum Gasteiger partial charge on any atom is -0.497 e. The van der Waals surface area contributed by atoms with E-state index in [1.54, 1.807) is 20.3 Å². The van der Waals surface area contributed by atoms with Gasteiger partial charge in [-0.25, -0.2) is 4.98 Å². The molecule has 9 heteroatoms. The van der Waals surface area contributed by atoms with Gasteiger partial charge in [0.25, 0.3) is 0 Å². The Hall–Kier alpha value is -3.20. The lowest BCUT2D eigenvalue weighted by Crippen LogP contribution is -2.49. The van der Waals surface area contributed by atoms with Crippen LogP contribution in [0.5, 0.6) is 11.5 Å². The van der Waals surface area contributed by atoms with Crippen LogP contribution in [-0.2, 0) is 4.79 Å². The average Bonchev–Trinajstić information content (AvgIpc) is 3.32. The topological polar surface area (TPSA) is 83.6 Å². The molecule has 1 saturated heterocycles. The third-order valence-electron chi connectivity index (χ3n) is 5.17. The van der Waals surface area contributed by atoms with Gasteiger partial charge in [-0.1, -0.05) is 30.0 Å². The zero-order chi connectivity index (χ0) is 21.6. The number of ether oxygens (including phenoxy) is 2. The summed E-state index contributed by atoms with van der Waals surface area (Å²) in [5.74, 6) is 2.36. The molecule has 1 aromatic heterocycles. The van der Waals surface area contributed by atoms with Crippen LogP contribution in [0, 0.1) is 0 Å². The highest BCUT2D eigenvalue weighted by molar-refractivity contribution is 7.99. The van der Waals surface area contributed by atoms with Gasteiger partial charge in [0.2, 0.25) is 11.1 Å². The Morgan fingerprint density at radius 1 is 1.03 bits per heavy atom. The predicted octanol–water partition coefficient (Wildman–Crippen LogP) is 2.93. The molecule has 31 heavy (non-hydrogen) atoms. The van der Waals surface area contributed by atoms with Gasteiger partial charge in [0, 0.05) is 43.5 Å². The number of piperazine rings is 1. The number of hydrogen-bond acceptors (Lipinski definition) is 7. The highest BCUT2D eigenvalue weighted by Crippen LogP contribution is 2.28. The van der Waals surface area contributed by atoms with Crippen LogP contribution in [0.2, 0.25) is 0 Å². The zero-order valence-electron chi connectivity index (χ0n) is 17.6. The van der Waals surface area contributed by atoms with Gasteiger partial charge in [0.15, 0.2) is 5.82 Å². The third-order valence-corrected chi connectivity index (χ3v) is 6.00. The number of amides is 1. The van der Waals surface area contributed by atoms with Crippen molar-refractivity contribution in [2.45, 2.75) is 5.16 Å². The van der Waals surface area contributed by atoms with E-state index in [0.29, 0.717) is 28.2 Å². The number of anilines is 1. The number of carbonyl (C=O) groups excluding carboxylic acids is 1. The Morgan fingerprint density at radius 3 is 2.35 bits per heavy atom. The second kappa shape index (κ2) is 9.74. The quantitative estimate of drug-likeness (QED) is 0.567. The summed E-state index contributed by atoms with van der Waals surface area (Å²) in [6, 6.07) is 15.8. The van der Waals surface area contributed by atoms with Gasteiger partial charge < -0.3 is 19.3 Å². The molecule has 0 unspecified atom stereocenters. The van der Waals surface area contributed by atoms with Crippen LogP contribution in [-0.4, -0.2) is 72.1 Å². The van der Waals surface area contributed by atoms with Crippen LogP contribution < -0.4 is 14.4 Å². The SMILES string of the molecule is COc1cc(OC)cc(-c2nc(SCC(=O)N3CCN(c4ccccc4)CC3)n[nH]2)c1. The number of thioether (sulfide) groups is 1. The van der Waals surface area contributed by atoms with Gasteiger partial charge in [-0.05, 0) is 24.3 Å². The van der Waals surface area contributed by atoms with Crippen molar-refractivity contribution in [3.63, 3.8) is 0 Å². The van der Waals surface area contributed by atoms with E-state index < -0.39 is 0 Å². The minimum absolute atomic E-state index is 0.104. The largest absolute Gasteiger partial charge is 0.497 e. The first-order valence-corrected chi connectivity index (χ1v) is 11.0. The maximum absolute atomic E-state index is 12.6. The molecule has 162 valence electrons. The molecule has 4 rings (SSSR count). The van der Waals surface area contributed by atoms with Crippen LogP contribution in [0.4, 0.5) is 5.69 Å². The van der Waals surface area contributed by atoms with E-state index in [9.17, 15) is 4.79 Å². The van der Waals surface area contributed by atoms with Gasteiger partial charge >= 0.3 is 0 Å². The molecule has 0 radical (unpaired) electrons. The monoisotopic (exact) mass is 439 g/mol. The summed E-state index contributed by atoms with van der Waals surface area (Å²) in [5, 5.41) is 7.70. The summed E-state index contributed by atoms with van der Waals surface area (Å²) in [5.41, 5.74) is 2.00. The first-order valence-electron chi connectivity index (χ1n) is 10.0. The number of H-pyrrole nitrogens is 1. The summed E-state index contributed by atoms with van der Waals surface area (Å²) in [6.07, 6.45) is 0. The van der Waals surface area contributed by atoms with Gasteiger partial charge in [-0.15, -0.1) is 5.10 Å². The molecule has 0 aliphatic carbocycles. The second-order valence-corrected chi connectivity index (χ2v) is 8.00.